The van der Waals surface area contributed by atoms with Gasteiger partial charge in [-0.2, -0.15) is 0 Å². The minimum atomic E-state index is -1.51. The lowest BCUT2D eigenvalue weighted by molar-refractivity contribution is 0.446. The van der Waals surface area contributed by atoms with Crippen molar-refractivity contribution in [1.82, 2.24) is 9.55 Å². The van der Waals surface area contributed by atoms with E-state index in [9.17, 15) is 13.2 Å². The second-order valence-corrected chi connectivity index (χ2v) is 4.02. The Morgan fingerprint density at radius 3 is 2.32 bits per heavy atom. The topological polar surface area (TPSA) is 43.8 Å². The number of aromatic nitrogens is 2. The first-order valence-electron chi connectivity index (χ1n) is 5.46. The summed E-state index contributed by atoms with van der Waals surface area (Å²) >= 11 is 0. The van der Waals surface area contributed by atoms with E-state index in [4.69, 9.17) is 5.73 Å². The fourth-order valence-corrected chi connectivity index (χ4v) is 1.99. The first-order chi connectivity index (χ1) is 9.08. The molecular weight excluding hydrogens is 255 g/mol. The van der Waals surface area contributed by atoms with Gasteiger partial charge in [0.05, 0.1) is 16.7 Å². The Hall–Kier alpha value is -2.50. The van der Waals surface area contributed by atoms with Gasteiger partial charge in [-0.15, -0.1) is 0 Å². The fourth-order valence-electron chi connectivity index (χ4n) is 1.99. The van der Waals surface area contributed by atoms with Crippen molar-refractivity contribution in [2.75, 3.05) is 5.73 Å². The molecule has 0 aliphatic heterocycles. The number of hydrogen-bond donors (Lipinski definition) is 1. The van der Waals surface area contributed by atoms with Gasteiger partial charge >= 0.3 is 0 Å². The van der Waals surface area contributed by atoms with Crippen LogP contribution < -0.4 is 5.73 Å². The zero-order chi connectivity index (χ0) is 13.6. The first kappa shape index (κ1) is 11.6. The summed E-state index contributed by atoms with van der Waals surface area (Å²) in [5, 5.41) is 0. The van der Waals surface area contributed by atoms with Gasteiger partial charge in [-0.3, -0.25) is 4.57 Å². The van der Waals surface area contributed by atoms with Gasteiger partial charge in [0.15, 0.2) is 17.5 Å². The van der Waals surface area contributed by atoms with E-state index in [1.165, 1.54) is 4.57 Å². The number of para-hydroxylation sites is 2. The second-order valence-electron chi connectivity index (χ2n) is 4.02. The summed E-state index contributed by atoms with van der Waals surface area (Å²) < 4.78 is 40.9. The number of halogens is 3. The van der Waals surface area contributed by atoms with Gasteiger partial charge in [-0.05, 0) is 12.1 Å². The van der Waals surface area contributed by atoms with E-state index in [1.54, 1.807) is 24.3 Å². The van der Waals surface area contributed by atoms with E-state index in [1.807, 2.05) is 0 Å². The van der Waals surface area contributed by atoms with Crippen molar-refractivity contribution >= 4 is 17.0 Å². The van der Waals surface area contributed by atoms with Crippen LogP contribution in [0.1, 0.15) is 0 Å². The monoisotopic (exact) mass is 263 g/mol. The zero-order valence-electron chi connectivity index (χ0n) is 9.57. The van der Waals surface area contributed by atoms with Crippen molar-refractivity contribution in [3.8, 4) is 5.69 Å². The third kappa shape index (κ3) is 1.72. The molecular formula is C13H8F3N3. The van der Waals surface area contributed by atoms with Crippen molar-refractivity contribution in [2.45, 2.75) is 0 Å². The van der Waals surface area contributed by atoms with E-state index in [0.717, 1.165) is 12.1 Å². The van der Waals surface area contributed by atoms with E-state index in [0.29, 0.717) is 11.0 Å². The number of hydrogen-bond acceptors (Lipinski definition) is 2. The highest BCUT2D eigenvalue weighted by molar-refractivity contribution is 5.80. The quantitative estimate of drug-likeness (QED) is 0.686. The third-order valence-electron chi connectivity index (χ3n) is 2.81. The predicted octanol–water partition coefficient (Wildman–Crippen LogP) is 3.03. The Labute approximate surface area is 106 Å². The van der Waals surface area contributed by atoms with Crippen molar-refractivity contribution in [2.24, 2.45) is 0 Å². The first-order valence-corrected chi connectivity index (χ1v) is 5.46. The summed E-state index contributed by atoms with van der Waals surface area (Å²) in [4.78, 5) is 4.07. The maximum absolute atomic E-state index is 13.3. The van der Waals surface area contributed by atoms with E-state index >= 15 is 0 Å². The lowest BCUT2D eigenvalue weighted by Gasteiger charge is -2.07. The Kier molecular flexibility index (Phi) is 2.45. The molecule has 0 aliphatic carbocycles. The third-order valence-corrected chi connectivity index (χ3v) is 2.81. The van der Waals surface area contributed by atoms with Crippen LogP contribution in [-0.4, -0.2) is 9.55 Å². The molecule has 1 heterocycles. The number of rotatable bonds is 1. The van der Waals surface area contributed by atoms with Gasteiger partial charge in [-0.25, -0.2) is 18.2 Å². The molecule has 0 spiro atoms. The second kappa shape index (κ2) is 4.01. The molecule has 0 bridgehead atoms. The lowest BCUT2D eigenvalue weighted by Crippen LogP contribution is -2.03. The molecule has 3 rings (SSSR count). The van der Waals surface area contributed by atoms with Gasteiger partial charge in [0, 0.05) is 12.1 Å². The summed E-state index contributed by atoms with van der Waals surface area (Å²) in [5.74, 6) is -3.97. The zero-order valence-corrected chi connectivity index (χ0v) is 9.57. The summed E-state index contributed by atoms with van der Waals surface area (Å²) in [5.41, 5.74) is 7.00. The molecule has 0 amide bonds. The molecule has 1 aromatic heterocycles. The summed E-state index contributed by atoms with van der Waals surface area (Å²) in [6.07, 6.45) is 0. The summed E-state index contributed by atoms with van der Waals surface area (Å²) in [6, 6.07) is 8.70. The van der Waals surface area contributed by atoms with Gasteiger partial charge in [-0.1, -0.05) is 12.1 Å². The smallest absolute Gasteiger partial charge is 0.205 e. The van der Waals surface area contributed by atoms with Gasteiger partial charge in [0.1, 0.15) is 0 Å². The largest absolute Gasteiger partial charge is 0.369 e. The molecule has 2 N–H and O–H groups in total. The van der Waals surface area contributed by atoms with Gasteiger partial charge in [0.25, 0.3) is 0 Å². The van der Waals surface area contributed by atoms with E-state index < -0.39 is 17.5 Å². The molecule has 2 aromatic carbocycles. The fraction of sp³-hybridized carbons (Fsp3) is 0. The Balaban J connectivity index is 2.33. The van der Waals surface area contributed by atoms with Crippen LogP contribution in [-0.2, 0) is 0 Å². The maximum atomic E-state index is 13.3. The molecule has 0 aliphatic rings. The SMILES string of the molecule is Nc1nc2ccccc2n1-c1cc(F)c(F)c(F)c1. The molecule has 0 fully saturated rings. The van der Waals surface area contributed by atoms with E-state index in [2.05, 4.69) is 4.98 Å². The molecule has 3 nitrogen and oxygen atoms in total. The standard InChI is InChI=1S/C13H8F3N3/c14-8-5-7(6-9(15)12(8)16)19-11-4-2-1-3-10(11)18-13(19)17/h1-6H,(H2,17,18). The Morgan fingerprint density at radius 2 is 1.63 bits per heavy atom. The van der Waals surface area contributed by atoms with E-state index in [-0.39, 0.29) is 11.6 Å². The number of imidazole rings is 1. The number of benzene rings is 2. The molecule has 0 saturated carbocycles. The number of nitrogens with two attached hydrogens (primary N) is 1. The predicted molar refractivity (Wildman–Crippen MR) is 65.4 cm³/mol. The average molecular weight is 263 g/mol. The average Bonchev–Trinajstić information content (AvgIpc) is 2.71. The summed E-state index contributed by atoms with van der Waals surface area (Å²) in [7, 11) is 0. The number of fused-ring (bicyclic) bond motifs is 1. The minimum Gasteiger partial charge on any atom is -0.369 e. The summed E-state index contributed by atoms with van der Waals surface area (Å²) in [6.45, 7) is 0. The maximum Gasteiger partial charge on any atom is 0.205 e. The van der Waals surface area contributed by atoms with Crippen LogP contribution in [0.3, 0.4) is 0 Å². The minimum absolute atomic E-state index is 0.0756. The lowest BCUT2D eigenvalue weighted by atomic mass is 10.2. The van der Waals surface area contributed by atoms with Crippen LogP contribution in [0, 0.1) is 17.5 Å². The molecule has 96 valence electrons. The van der Waals surface area contributed by atoms with Crippen molar-refractivity contribution < 1.29 is 13.2 Å². The van der Waals surface area contributed by atoms with Crippen LogP contribution >= 0.6 is 0 Å². The van der Waals surface area contributed by atoms with Crippen molar-refractivity contribution in [3.63, 3.8) is 0 Å². The number of nitrogens with zero attached hydrogens (tertiary/aromatic N) is 2. The Morgan fingerprint density at radius 1 is 1.00 bits per heavy atom. The molecule has 0 unspecified atom stereocenters. The molecule has 3 aromatic rings. The molecule has 19 heavy (non-hydrogen) atoms. The highest BCUT2D eigenvalue weighted by Crippen LogP contribution is 2.25. The molecule has 6 heteroatoms. The molecule has 0 atom stereocenters. The van der Waals surface area contributed by atoms with Crippen LogP contribution in [0.25, 0.3) is 16.7 Å². The normalized spacial score (nSPS) is 11.1. The van der Waals surface area contributed by atoms with Crippen molar-refractivity contribution in [3.05, 3.63) is 53.8 Å². The van der Waals surface area contributed by atoms with Crippen LogP contribution in [0.5, 0.6) is 0 Å². The highest BCUT2D eigenvalue weighted by Gasteiger charge is 2.15. The van der Waals surface area contributed by atoms with Crippen LogP contribution in [0.2, 0.25) is 0 Å². The van der Waals surface area contributed by atoms with Gasteiger partial charge < -0.3 is 5.73 Å². The molecule has 0 saturated heterocycles. The van der Waals surface area contributed by atoms with Crippen LogP contribution in [0.15, 0.2) is 36.4 Å². The number of nitrogen functional groups attached to an aromatic ring is 1. The molecule has 0 radical (unpaired) electrons. The number of anilines is 1. The highest BCUT2D eigenvalue weighted by atomic mass is 19.2. The Bertz CT molecular complexity index is 757. The van der Waals surface area contributed by atoms with Gasteiger partial charge in [0.2, 0.25) is 5.95 Å². The van der Waals surface area contributed by atoms with Crippen LogP contribution in [0.4, 0.5) is 19.1 Å². The van der Waals surface area contributed by atoms with Crippen molar-refractivity contribution in [1.29, 1.82) is 0 Å².